The number of aliphatic hydroxyl groups excluding tert-OH is 1. The molecule has 0 amide bonds. The van der Waals surface area contributed by atoms with Crippen LogP contribution in [0.5, 0.6) is 0 Å². The molecule has 19 heavy (non-hydrogen) atoms. The SMILES string of the molecule is Cc1cc(S(=O)(=O)N2CCCC(C)C2C)sc1CO. The number of hydrogen-bond donors (Lipinski definition) is 1. The topological polar surface area (TPSA) is 57.6 Å². The van der Waals surface area contributed by atoms with E-state index in [0.717, 1.165) is 23.3 Å². The van der Waals surface area contributed by atoms with E-state index in [1.807, 2.05) is 13.8 Å². The van der Waals surface area contributed by atoms with Crippen molar-refractivity contribution in [3.05, 3.63) is 16.5 Å². The minimum absolute atomic E-state index is 0.0405. The van der Waals surface area contributed by atoms with Gasteiger partial charge in [0.15, 0.2) is 0 Å². The fraction of sp³-hybridized carbons (Fsp3) is 0.692. The van der Waals surface area contributed by atoms with Crippen LogP contribution in [0.2, 0.25) is 0 Å². The first kappa shape index (κ1) is 15.0. The molecule has 1 N–H and O–H groups in total. The van der Waals surface area contributed by atoms with Gasteiger partial charge in [0, 0.05) is 17.5 Å². The molecule has 2 heterocycles. The average Bonchev–Trinajstić information content (AvgIpc) is 2.74. The van der Waals surface area contributed by atoms with Crippen molar-refractivity contribution in [3.8, 4) is 0 Å². The van der Waals surface area contributed by atoms with Crippen LogP contribution in [-0.4, -0.2) is 30.4 Å². The first-order valence-electron chi connectivity index (χ1n) is 6.60. The van der Waals surface area contributed by atoms with Crippen LogP contribution in [0.3, 0.4) is 0 Å². The highest BCUT2D eigenvalue weighted by Crippen LogP contribution is 2.33. The quantitative estimate of drug-likeness (QED) is 0.932. The minimum Gasteiger partial charge on any atom is -0.391 e. The van der Waals surface area contributed by atoms with Gasteiger partial charge in [0.25, 0.3) is 10.0 Å². The van der Waals surface area contributed by atoms with Crippen molar-refractivity contribution in [2.75, 3.05) is 6.54 Å². The Morgan fingerprint density at radius 2 is 2.16 bits per heavy atom. The van der Waals surface area contributed by atoms with Gasteiger partial charge >= 0.3 is 0 Å². The summed E-state index contributed by atoms with van der Waals surface area (Å²) in [6.45, 7) is 6.42. The van der Waals surface area contributed by atoms with Gasteiger partial charge in [-0.15, -0.1) is 11.3 Å². The molecule has 0 radical (unpaired) electrons. The number of aliphatic hydroxyl groups is 1. The molecule has 6 heteroatoms. The number of nitrogens with zero attached hydrogens (tertiary/aromatic N) is 1. The highest BCUT2D eigenvalue weighted by Gasteiger charge is 2.35. The maximum Gasteiger partial charge on any atom is 0.252 e. The summed E-state index contributed by atoms with van der Waals surface area (Å²) in [7, 11) is -3.42. The number of piperidine rings is 1. The average molecular weight is 303 g/mol. The van der Waals surface area contributed by atoms with Gasteiger partial charge in [-0.3, -0.25) is 0 Å². The second kappa shape index (κ2) is 5.52. The Hall–Kier alpha value is -0.430. The number of aryl methyl sites for hydroxylation is 1. The Kier molecular flexibility index (Phi) is 4.35. The maximum absolute atomic E-state index is 12.7. The number of rotatable bonds is 3. The van der Waals surface area contributed by atoms with E-state index in [-0.39, 0.29) is 12.6 Å². The van der Waals surface area contributed by atoms with Crippen molar-refractivity contribution < 1.29 is 13.5 Å². The molecule has 2 atom stereocenters. The van der Waals surface area contributed by atoms with E-state index in [1.54, 1.807) is 10.4 Å². The fourth-order valence-corrected chi connectivity index (χ4v) is 5.87. The van der Waals surface area contributed by atoms with Gasteiger partial charge in [0.05, 0.1) is 6.61 Å². The molecule has 0 aromatic carbocycles. The molecule has 1 aliphatic heterocycles. The van der Waals surface area contributed by atoms with Crippen LogP contribution in [0.25, 0.3) is 0 Å². The van der Waals surface area contributed by atoms with Crippen molar-refractivity contribution in [1.82, 2.24) is 4.31 Å². The summed E-state index contributed by atoms with van der Waals surface area (Å²) in [6, 6.07) is 1.72. The molecule has 2 rings (SSSR count). The zero-order valence-electron chi connectivity index (χ0n) is 11.6. The molecule has 1 fully saturated rings. The van der Waals surface area contributed by atoms with Gasteiger partial charge in [0.1, 0.15) is 4.21 Å². The Morgan fingerprint density at radius 3 is 2.74 bits per heavy atom. The minimum atomic E-state index is -3.42. The molecule has 1 aliphatic rings. The second-order valence-electron chi connectivity index (χ2n) is 5.31. The van der Waals surface area contributed by atoms with E-state index in [9.17, 15) is 13.5 Å². The van der Waals surface area contributed by atoms with Crippen molar-refractivity contribution in [2.24, 2.45) is 5.92 Å². The van der Waals surface area contributed by atoms with E-state index in [4.69, 9.17) is 0 Å². The molecule has 4 nitrogen and oxygen atoms in total. The monoisotopic (exact) mass is 303 g/mol. The van der Waals surface area contributed by atoms with Gasteiger partial charge in [-0.2, -0.15) is 4.31 Å². The van der Waals surface area contributed by atoms with E-state index in [1.165, 1.54) is 11.3 Å². The number of thiophene rings is 1. The molecule has 0 spiro atoms. The molecule has 0 aliphatic carbocycles. The van der Waals surface area contributed by atoms with E-state index >= 15 is 0 Å². The van der Waals surface area contributed by atoms with E-state index in [2.05, 4.69) is 6.92 Å². The summed E-state index contributed by atoms with van der Waals surface area (Å²) >= 11 is 1.18. The number of hydrogen-bond acceptors (Lipinski definition) is 4. The molecule has 0 bridgehead atoms. The second-order valence-corrected chi connectivity index (χ2v) is 8.56. The Bertz CT molecular complexity index is 550. The molecule has 108 valence electrons. The Balaban J connectivity index is 2.35. The van der Waals surface area contributed by atoms with Gasteiger partial charge in [-0.05, 0) is 44.2 Å². The fourth-order valence-electron chi connectivity index (χ4n) is 2.53. The highest BCUT2D eigenvalue weighted by molar-refractivity contribution is 7.91. The summed E-state index contributed by atoms with van der Waals surface area (Å²) in [4.78, 5) is 0.733. The normalized spacial score (nSPS) is 25.7. The highest BCUT2D eigenvalue weighted by atomic mass is 32.2. The summed E-state index contributed by atoms with van der Waals surface area (Å²) < 4.78 is 27.3. The van der Waals surface area contributed by atoms with Crippen LogP contribution < -0.4 is 0 Å². The molecule has 1 aromatic rings. The molecular weight excluding hydrogens is 282 g/mol. The van der Waals surface area contributed by atoms with Crippen LogP contribution in [0, 0.1) is 12.8 Å². The Labute approximate surface area is 119 Å². The smallest absolute Gasteiger partial charge is 0.252 e. The third kappa shape index (κ3) is 2.72. The van der Waals surface area contributed by atoms with Crippen LogP contribution in [0.15, 0.2) is 10.3 Å². The molecule has 1 saturated heterocycles. The first-order valence-corrected chi connectivity index (χ1v) is 8.85. The van der Waals surface area contributed by atoms with Crippen LogP contribution in [-0.2, 0) is 16.6 Å². The molecule has 2 unspecified atom stereocenters. The largest absolute Gasteiger partial charge is 0.391 e. The van der Waals surface area contributed by atoms with Gasteiger partial charge in [-0.25, -0.2) is 8.42 Å². The van der Waals surface area contributed by atoms with Gasteiger partial charge < -0.3 is 5.11 Å². The lowest BCUT2D eigenvalue weighted by Gasteiger charge is -2.36. The summed E-state index contributed by atoms with van der Waals surface area (Å²) in [5, 5.41) is 9.20. The first-order chi connectivity index (χ1) is 8.87. The van der Waals surface area contributed by atoms with Gasteiger partial charge in [0.2, 0.25) is 0 Å². The molecular formula is C13H21NO3S2. The summed E-state index contributed by atoms with van der Waals surface area (Å²) in [5.74, 6) is 0.391. The Morgan fingerprint density at radius 1 is 1.47 bits per heavy atom. The third-order valence-electron chi connectivity index (χ3n) is 4.02. The molecule has 1 aromatic heterocycles. The zero-order valence-corrected chi connectivity index (χ0v) is 13.2. The van der Waals surface area contributed by atoms with Crippen LogP contribution in [0.4, 0.5) is 0 Å². The predicted molar refractivity (Wildman–Crippen MR) is 76.7 cm³/mol. The lowest BCUT2D eigenvalue weighted by atomic mass is 9.94. The lowest BCUT2D eigenvalue weighted by Crippen LogP contribution is -2.45. The third-order valence-corrected chi connectivity index (χ3v) is 7.68. The van der Waals surface area contributed by atoms with Crippen molar-refractivity contribution in [2.45, 2.75) is 50.5 Å². The van der Waals surface area contributed by atoms with E-state index in [0.29, 0.717) is 16.7 Å². The standard InChI is InChI=1S/C13H21NO3S2/c1-9-5-4-6-14(11(9)3)19(16,17)13-7-10(2)12(8-15)18-13/h7,9,11,15H,4-6,8H2,1-3H3. The van der Waals surface area contributed by atoms with Crippen molar-refractivity contribution in [3.63, 3.8) is 0 Å². The zero-order chi connectivity index (χ0) is 14.2. The van der Waals surface area contributed by atoms with Crippen LogP contribution >= 0.6 is 11.3 Å². The van der Waals surface area contributed by atoms with Gasteiger partial charge in [-0.1, -0.05) is 6.92 Å². The predicted octanol–water partition coefficient (Wildman–Crippen LogP) is 2.36. The molecule has 0 saturated carbocycles. The number of sulfonamides is 1. The van der Waals surface area contributed by atoms with Crippen molar-refractivity contribution in [1.29, 1.82) is 0 Å². The van der Waals surface area contributed by atoms with E-state index < -0.39 is 10.0 Å². The van der Waals surface area contributed by atoms with Crippen molar-refractivity contribution >= 4 is 21.4 Å². The van der Waals surface area contributed by atoms with Crippen LogP contribution in [0.1, 0.15) is 37.1 Å². The summed E-state index contributed by atoms with van der Waals surface area (Å²) in [6.07, 6.45) is 2.00. The maximum atomic E-state index is 12.7. The summed E-state index contributed by atoms with van der Waals surface area (Å²) in [5.41, 5.74) is 0.851. The lowest BCUT2D eigenvalue weighted by molar-refractivity contribution is 0.202.